The molecule has 0 aliphatic heterocycles. The monoisotopic (exact) mass is 354 g/mol. The van der Waals surface area contributed by atoms with E-state index in [0.717, 1.165) is 31.7 Å². The minimum absolute atomic E-state index is 0.710. The van der Waals surface area contributed by atoms with Gasteiger partial charge < -0.3 is 5.32 Å². The molecule has 4 aromatic heterocycles. The number of rotatable bonds is 4. The Hall–Kier alpha value is -2.58. The third-order valence-electron chi connectivity index (χ3n) is 3.65. The molecule has 0 amide bonds. The zero-order chi connectivity index (χ0) is 16.5. The lowest BCUT2D eigenvalue weighted by Gasteiger charge is -2.09. The van der Waals surface area contributed by atoms with E-state index in [1.807, 2.05) is 34.6 Å². The Morgan fingerprint density at radius 1 is 1.38 bits per heavy atom. The summed E-state index contributed by atoms with van der Waals surface area (Å²) in [5, 5.41) is 14.4. The van der Waals surface area contributed by atoms with E-state index in [4.69, 9.17) is 0 Å². The van der Waals surface area contributed by atoms with Gasteiger partial charge in [0.1, 0.15) is 0 Å². The van der Waals surface area contributed by atoms with Gasteiger partial charge >= 0.3 is 0 Å². The highest BCUT2D eigenvalue weighted by molar-refractivity contribution is 8.07. The third kappa shape index (κ3) is 2.49. The van der Waals surface area contributed by atoms with Crippen LogP contribution in [0.1, 0.15) is 0 Å². The van der Waals surface area contributed by atoms with E-state index in [2.05, 4.69) is 38.1 Å². The van der Waals surface area contributed by atoms with Gasteiger partial charge in [-0.2, -0.15) is 5.10 Å². The van der Waals surface area contributed by atoms with Gasteiger partial charge in [-0.3, -0.25) is 9.50 Å². The van der Waals surface area contributed by atoms with Gasteiger partial charge in [-0.05, 0) is 17.7 Å². The van der Waals surface area contributed by atoms with Crippen LogP contribution in [-0.4, -0.2) is 30.8 Å². The van der Waals surface area contributed by atoms with Crippen molar-refractivity contribution in [1.29, 1.82) is 0 Å². The Labute approximate surface area is 146 Å². The second kappa shape index (κ2) is 6.14. The molecule has 0 aliphatic rings. The van der Waals surface area contributed by atoms with Gasteiger partial charge in [0.2, 0.25) is 0 Å². The van der Waals surface area contributed by atoms with Gasteiger partial charge in [0.05, 0.1) is 23.1 Å². The maximum Gasteiger partial charge on any atom is 0.180 e. The number of aromatic amines is 1. The summed E-state index contributed by atoms with van der Waals surface area (Å²) < 4.78 is 3.03. The molecule has 6 nitrogen and oxygen atoms in total. The molecule has 0 aromatic carbocycles. The Balaban J connectivity index is 1.84. The number of thioether (sulfide) groups is 1. The number of nitrogens with zero attached hydrogens (tertiary/aromatic N) is 4. The molecule has 0 saturated heterocycles. The van der Waals surface area contributed by atoms with E-state index in [0.29, 0.717) is 5.82 Å². The summed E-state index contributed by atoms with van der Waals surface area (Å²) in [6.07, 6.45) is 11.1. The van der Waals surface area contributed by atoms with Crippen LogP contribution in [0.3, 0.4) is 0 Å². The zero-order valence-electron chi connectivity index (χ0n) is 12.9. The summed E-state index contributed by atoms with van der Waals surface area (Å²) >= 11 is 3.26. The Kier molecular flexibility index (Phi) is 3.83. The van der Waals surface area contributed by atoms with E-state index in [9.17, 15) is 0 Å². The highest BCUT2D eigenvalue weighted by Crippen LogP contribution is 2.24. The Morgan fingerprint density at radius 2 is 2.29 bits per heavy atom. The fourth-order valence-corrected chi connectivity index (χ4v) is 3.83. The Morgan fingerprint density at radius 3 is 3.00 bits per heavy atom. The molecular formula is C16H14N6S2. The minimum atomic E-state index is 0.710. The number of thiophene rings is 1. The van der Waals surface area contributed by atoms with Crippen LogP contribution >= 0.6 is 23.1 Å². The molecule has 0 unspecified atom stereocenters. The second-order valence-corrected chi connectivity index (χ2v) is 6.83. The predicted molar refractivity (Wildman–Crippen MR) is 100 cm³/mol. The highest BCUT2D eigenvalue weighted by atomic mass is 32.2. The molecule has 4 heterocycles. The molecule has 0 bridgehead atoms. The molecule has 0 saturated carbocycles. The van der Waals surface area contributed by atoms with Crippen LogP contribution in [0.15, 0.2) is 42.4 Å². The average Bonchev–Trinajstić information content (AvgIpc) is 3.32. The van der Waals surface area contributed by atoms with Crippen molar-refractivity contribution in [3.05, 3.63) is 52.2 Å². The first-order valence-corrected chi connectivity index (χ1v) is 9.27. The van der Waals surface area contributed by atoms with Gasteiger partial charge in [-0.1, -0.05) is 6.58 Å². The van der Waals surface area contributed by atoms with E-state index < -0.39 is 0 Å². The molecule has 8 heteroatoms. The van der Waals surface area contributed by atoms with Crippen molar-refractivity contribution in [2.24, 2.45) is 0 Å². The number of hydrogen-bond acceptors (Lipinski definition) is 6. The van der Waals surface area contributed by atoms with Crippen LogP contribution in [0.2, 0.25) is 0 Å². The van der Waals surface area contributed by atoms with Crippen molar-refractivity contribution in [3.63, 3.8) is 0 Å². The van der Waals surface area contributed by atoms with Gasteiger partial charge in [0.15, 0.2) is 11.5 Å². The smallest absolute Gasteiger partial charge is 0.180 e. The summed E-state index contributed by atoms with van der Waals surface area (Å²) in [6.45, 7) is 4.08. The van der Waals surface area contributed by atoms with Crippen molar-refractivity contribution in [2.45, 2.75) is 0 Å². The molecule has 4 aromatic rings. The van der Waals surface area contributed by atoms with Gasteiger partial charge in [0, 0.05) is 33.9 Å². The molecule has 4 rings (SSSR count). The average molecular weight is 354 g/mol. The first kappa shape index (κ1) is 15.0. The summed E-state index contributed by atoms with van der Waals surface area (Å²) in [4.78, 5) is 8.99. The van der Waals surface area contributed by atoms with Crippen molar-refractivity contribution in [2.75, 3.05) is 11.6 Å². The van der Waals surface area contributed by atoms with Crippen LogP contribution in [-0.2, 0) is 0 Å². The maximum atomic E-state index is 4.53. The van der Waals surface area contributed by atoms with Crippen molar-refractivity contribution < 1.29 is 0 Å². The topological polar surface area (TPSA) is 70.9 Å². The molecule has 0 fully saturated rings. The summed E-state index contributed by atoms with van der Waals surface area (Å²) in [6, 6.07) is 2.06. The lowest BCUT2D eigenvalue weighted by molar-refractivity contribution is 1.09. The van der Waals surface area contributed by atoms with Crippen LogP contribution in [0.4, 0.5) is 5.82 Å². The van der Waals surface area contributed by atoms with Crippen molar-refractivity contribution >= 4 is 46.2 Å². The summed E-state index contributed by atoms with van der Waals surface area (Å²) in [5.74, 6) is 0.710. The van der Waals surface area contributed by atoms with Crippen LogP contribution in [0.25, 0.3) is 28.5 Å². The predicted octanol–water partition coefficient (Wildman–Crippen LogP) is 2.13. The fourth-order valence-electron chi connectivity index (χ4n) is 2.49. The molecule has 0 atom stereocenters. The normalized spacial score (nSPS) is 12.5. The lowest BCUT2D eigenvalue weighted by atomic mass is 10.3. The van der Waals surface area contributed by atoms with E-state index in [-0.39, 0.29) is 0 Å². The Bertz CT molecular complexity index is 1090. The number of hydrogen-bond donors (Lipinski definition) is 2. The van der Waals surface area contributed by atoms with E-state index >= 15 is 0 Å². The summed E-state index contributed by atoms with van der Waals surface area (Å²) in [5.41, 5.74) is 2.70. The van der Waals surface area contributed by atoms with Gasteiger partial charge in [-0.15, -0.1) is 23.1 Å². The van der Waals surface area contributed by atoms with Gasteiger partial charge in [0.25, 0.3) is 0 Å². The number of H-pyrrole nitrogens is 1. The second-order valence-electron chi connectivity index (χ2n) is 5.02. The van der Waals surface area contributed by atoms with Crippen molar-refractivity contribution in [3.8, 4) is 11.3 Å². The minimum Gasteiger partial charge on any atom is -0.331 e. The standard InChI is InChI=1S/C16H14N6S2/c1-10-12(3-6-24-10)16(23-2)21-14-15-18-9-13(11-7-19-20-8-11)22(15)5-4-17-14/h3-9H,1H2,2H3,(H,17,21)(H,19,20)/b16-12-. The van der Waals surface area contributed by atoms with E-state index in [1.165, 1.54) is 0 Å². The molecule has 0 aliphatic carbocycles. The quantitative estimate of drug-likeness (QED) is 0.587. The van der Waals surface area contributed by atoms with Crippen molar-refractivity contribution in [1.82, 2.24) is 24.6 Å². The molecule has 0 radical (unpaired) electrons. The largest absolute Gasteiger partial charge is 0.331 e. The fraction of sp³-hybridized carbons (Fsp3) is 0.0625. The molecular weight excluding hydrogens is 340 g/mol. The zero-order valence-corrected chi connectivity index (χ0v) is 14.5. The third-order valence-corrected chi connectivity index (χ3v) is 5.15. The molecule has 24 heavy (non-hydrogen) atoms. The van der Waals surface area contributed by atoms with Crippen LogP contribution in [0, 0.1) is 0 Å². The first-order chi connectivity index (χ1) is 11.8. The molecule has 0 spiro atoms. The van der Waals surface area contributed by atoms with E-state index in [1.54, 1.807) is 35.5 Å². The van der Waals surface area contributed by atoms with Crippen LogP contribution in [0.5, 0.6) is 0 Å². The molecule has 120 valence electrons. The number of nitrogens with one attached hydrogen (secondary N) is 2. The number of fused-ring (bicyclic) bond motifs is 1. The SMILES string of the molecule is C=c1scc/c1=C(\Nc1nccn2c(-c3cn[nH]c3)cnc12)SC. The number of anilines is 1. The van der Waals surface area contributed by atoms with Crippen LogP contribution < -0.4 is 15.1 Å². The highest BCUT2D eigenvalue weighted by Gasteiger charge is 2.12. The first-order valence-electron chi connectivity index (χ1n) is 7.17. The maximum absolute atomic E-state index is 4.53. The number of aromatic nitrogens is 5. The number of imidazole rings is 1. The molecule has 2 N–H and O–H groups in total. The van der Waals surface area contributed by atoms with Gasteiger partial charge in [-0.25, -0.2) is 9.97 Å². The lowest BCUT2D eigenvalue weighted by Crippen LogP contribution is -2.22. The summed E-state index contributed by atoms with van der Waals surface area (Å²) in [7, 11) is 0.